The van der Waals surface area contributed by atoms with E-state index in [0.29, 0.717) is 0 Å². The van der Waals surface area contributed by atoms with Gasteiger partial charge in [0.25, 0.3) is 0 Å². The number of anilines is 1. The number of aliphatic hydroxyl groups excluding tert-OH is 1. The number of aliphatic hydroxyl groups is 1. The maximum atomic E-state index is 8.68. The van der Waals surface area contributed by atoms with E-state index in [1.807, 2.05) is 24.3 Å². The van der Waals surface area contributed by atoms with Crippen LogP contribution in [0.15, 0.2) is 24.3 Å². The van der Waals surface area contributed by atoms with Gasteiger partial charge in [0.1, 0.15) is 0 Å². The molecule has 1 saturated heterocycles. The number of nitrogens with zero attached hydrogens (tertiary/aromatic N) is 2. The third kappa shape index (κ3) is 4.91. The fourth-order valence-electron chi connectivity index (χ4n) is 1.90. The van der Waals surface area contributed by atoms with Gasteiger partial charge in [-0.2, -0.15) is 5.26 Å². The van der Waals surface area contributed by atoms with E-state index in [0.717, 1.165) is 25.8 Å². The lowest BCUT2D eigenvalue weighted by Crippen LogP contribution is -2.29. The lowest BCUT2D eigenvalue weighted by Gasteiger charge is -2.28. The summed E-state index contributed by atoms with van der Waals surface area (Å²) in [7, 11) is 1.00. The fraction of sp³-hybridized carbons (Fsp3) is 0.400. The van der Waals surface area contributed by atoms with Gasteiger partial charge in [-0.1, -0.05) is 0 Å². The molecule has 0 radical (unpaired) electrons. The number of hydrogen-bond acceptors (Lipinski definition) is 3. The van der Waals surface area contributed by atoms with Crippen LogP contribution in [0.3, 0.4) is 0 Å². The van der Waals surface area contributed by atoms with Crippen LogP contribution in [0.2, 0.25) is 0 Å². The van der Waals surface area contributed by atoms with Gasteiger partial charge in [0.2, 0.25) is 0 Å². The van der Waals surface area contributed by atoms with E-state index in [-0.39, 0.29) is 0 Å². The van der Waals surface area contributed by atoms with Crippen LogP contribution in [-0.2, 0) is 0 Å². The highest BCUT2D eigenvalue weighted by Crippen LogP contribution is 2.19. The molecular weight excluding hydrogens is 224 g/mol. The Morgan fingerprint density at radius 2 is 1.56 bits per heavy atom. The van der Waals surface area contributed by atoms with Crippen LogP contribution in [0.5, 0.6) is 0 Å². The van der Waals surface area contributed by atoms with Crippen molar-refractivity contribution < 1.29 is 5.11 Å². The molecule has 0 atom stereocenters. The molecule has 0 spiro atoms. The van der Waals surface area contributed by atoms with Crippen molar-refractivity contribution in [2.24, 2.45) is 0 Å². The molecule has 1 aromatic carbocycles. The summed E-state index contributed by atoms with van der Waals surface area (Å²) in [6, 6.07) is 10.0. The smallest absolute Gasteiger partial charge is 0.0991 e. The second kappa shape index (κ2) is 10.2. The molecule has 1 fully saturated rings. The van der Waals surface area contributed by atoms with Gasteiger partial charge in [0.15, 0.2) is 0 Å². The standard InChI is InChI=1S/C12H14N2.C2H2.CH4O/c13-10-11-4-6-12(7-5-11)14-8-2-1-3-9-14;2*1-2/h4-7H,1-3,8-9H2;1-2H;2H,1H3. The van der Waals surface area contributed by atoms with E-state index in [2.05, 4.69) is 23.8 Å². The normalized spacial score (nSPS) is 13.2. The van der Waals surface area contributed by atoms with E-state index >= 15 is 0 Å². The summed E-state index contributed by atoms with van der Waals surface area (Å²) in [6.45, 7) is 2.32. The number of nitriles is 1. The first-order valence-electron chi connectivity index (χ1n) is 5.93. The molecule has 1 N–H and O–H groups in total. The van der Waals surface area contributed by atoms with Crippen LogP contribution < -0.4 is 4.90 Å². The Morgan fingerprint density at radius 3 is 2.00 bits per heavy atom. The van der Waals surface area contributed by atoms with Gasteiger partial charge < -0.3 is 10.0 Å². The molecule has 0 amide bonds. The number of terminal acetylenes is 1. The van der Waals surface area contributed by atoms with Crippen LogP contribution in [0.25, 0.3) is 0 Å². The quantitative estimate of drug-likeness (QED) is 0.772. The van der Waals surface area contributed by atoms with E-state index in [9.17, 15) is 0 Å². The third-order valence-corrected chi connectivity index (χ3v) is 2.72. The summed E-state index contributed by atoms with van der Waals surface area (Å²) in [4.78, 5) is 2.39. The highest BCUT2D eigenvalue weighted by Gasteiger charge is 2.09. The minimum atomic E-state index is 0.741. The van der Waals surface area contributed by atoms with Gasteiger partial charge in [-0.25, -0.2) is 0 Å². The molecule has 0 bridgehead atoms. The average Bonchev–Trinajstić information content (AvgIpc) is 2.52. The van der Waals surface area contributed by atoms with Crippen LogP contribution in [-0.4, -0.2) is 25.3 Å². The largest absolute Gasteiger partial charge is 0.400 e. The zero-order valence-corrected chi connectivity index (χ0v) is 10.8. The molecule has 1 aliphatic heterocycles. The molecule has 96 valence electrons. The van der Waals surface area contributed by atoms with E-state index in [4.69, 9.17) is 10.4 Å². The van der Waals surface area contributed by atoms with Gasteiger partial charge >= 0.3 is 0 Å². The molecule has 1 heterocycles. The van der Waals surface area contributed by atoms with Crippen molar-refractivity contribution in [2.75, 3.05) is 25.1 Å². The Balaban J connectivity index is 0.000000659. The monoisotopic (exact) mass is 244 g/mol. The highest BCUT2D eigenvalue weighted by atomic mass is 16.2. The Labute approximate surface area is 110 Å². The molecule has 0 saturated carbocycles. The second-order valence-electron chi connectivity index (χ2n) is 3.71. The zero-order chi connectivity index (χ0) is 13.8. The van der Waals surface area contributed by atoms with Crippen molar-refractivity contribution in [3.05, 3.63) is 29.8 Å². The Morgan fingerprint density at radius 1 is 1.06 bits per heavy atom. The van der Waals surface area contributed by atoms with Gasteiger partial charge in [0, 0.05) is 25.9 Å². The molecule has 3 heteroatoms. The van der Waals surface area contributed by atoms with Gasteiger partial charge in [0.05, 0.1) is 11.6 Å². The SMILES string of the molecule is C#C.CO.N#Cc1ccc(N2CCCCC2)cc1. The van der Waals surface area contributed by atoms with Crippen molar-refractivity contribution in [3.63, 3.8) is 0 Å². The van der Waals surface area contributed by atoms with Crippen molar-refractivity contribution in [2.45, 2.75) is 19.3 Å². The number of rotatable bonds is 1. The molecule has 3 nitrogen and oxygen atoms in total. The molecule has 1 aliphatic rings. The van der Waals surface area contributed by atoms with Gasteiger partial charge in [-0.05, 0) is 43.5 Å². The summed E-state index contributed by atoms with van der Waals surface area (Å²) < 4.78 is 0. The number of benzene rings is 1. The molecule has 18 heavy (non-hydrogen) atoms. The second-order valence-corrected chi connectivity index (χ2v) is 3.71. The summed E-state index contributed by atoms with van der Waals surface area (Å²) >= 11 is 0. The minimum Gasteiger partial charge on any atom is -0.400 e. The lowest BCUT2D eigenvalue weighted by molar-refractivity contribution is 0.399. The Kier molecular flexibility index (Phi) is 9.08. The van der Waals surface area contributed by atoms with E-state index in [1.165, 1.54) is 24.9 Å². The van der Waals surface area contributed by atoms with E-state index < -0.39 is 0 Å². The summed E-state index contributed by atoms with van der Waals surface area (Å²) in [5, 5.41) is 15.7. The van der Waals surface area contributed by atoms with Gasteiger partial charge in [-0.3, -0.25) is 0 Å². The van der Waals surface area contributed by atoms with Gasteiger partial charge in [-0.15, -0.1) is 12.8 Å². The first-order chi connectivity index (χ1) is 8.90. The van der Waals surface area contributed by atoms with Crippen LogP contribution >= 0.6 is 0 Å². The molecular formula is C15H20N2O. The Hall–Kier alpha value is -1.97. The minimum absolute atomic E-state index is 0.741. The van der Waals surface area contributed by atoms with Crippen molar-refractivity contribution in [1.29, 1.82) is 5.26 Å². The lowest BCUT2D eigenvalue weighted by atomic mass is 10.1. The zero-order valence-electron chi connectivity index (χ0n) is 10.8. The number of piperidine rings is 1. The third-order valence-electron chi connectivity index (χ3n) is 2.72. The maximum absolute atomic E-state index is 8.68. The fourth-order valence-corrected chi connectivity index (χ4v) is 1.90. The molecule has 1 aromatic rings. The van der Waals surface area contributed by atoms with Crippen LogP contribution in [0, 0.1) is 24.2 Å². The molecule has 2 rings (SSSR count). The number of hydrogen-bond donors (Lipinski definition) is 1. The van der Waals surface area contributed by atoms with Crippen molar-refractivity contribution in [1.82, 2.24) is 0 Å². The molecule has 0 aromatic heterocycles. The van der Waals surface area contributed by atoms with Crippen LogP contribution in [0.4, 0.5) is 5.69 Å². The average molecular weight is 244 g/mol. The summed E-state index contributed by atoms with van der Waals surface area (Å²) in [5.41, 5.74) is 1.99. The van der Waals surface area contributed by atoms with Crippen molar-refractivity contribution >= 4 is 5.69 Å². The highest BCUT2D eigenvalue weighted by molar-refractivity contribution is 5.49. The maximum Gasteiger partial charge on any atom is 0.0991 e. The summed E-state index contributed by atoms with van der Waals surface area (Å²) in [5.74, 6) is 0. The first kappa shape index (κ1) is 16.0. The summed E-state index contributed by atoms with van der Waals surface area (Å²) in [6.07, 6.45) is 11.9. The van der Waals surface area contributed by atoms with Crippen molar-refractivity contribution in [3.8, 4) is 18.9 Å². The topological polar surface area (TPSA) is 47.3 Å². The Bertz CT molecular complexity index is 370. The van der Waals surface area contributed by atoms with Crippen LogP contribution in [0.1, 0.15) is 24.8 Å². The molecule has 0 unspecified atom stereocenters. The van der Waals surface area contributed by atoms with E-state index in [1.54, 1.807) is 0 Å². The molecule has 0 aliphatic carbocycles. The predicted octanol–water partition coefficient (Wildman–Crippen LogP) is 2.41. The predicted molar refractivity (Wildman–Crippen MR) is 75.3 cm³/mol. The first-order valence-corrected chi connectivity index (χ1v) is 5.93.